The molecule has 2 heterocycles. The summed E-state index contributed by atoms with van der Waals surface area (Å²) >= 11 is 6.96. The van der Waals surface area contributed by atoms with Gasteiger partial charge in [0.15, 0.2) is 10.6 Å². The molecule has 0 radical (unpaired) electrons. The molecular weight excluding hydrogens is 278 g/mol. The molecule has 2 aromatic heterocycles. The number of thiophene rings is 1. The SMILES string of the molecule is S=c1[nH]nc(-c2cccs2)n1CCOC1CCCC1. The second-order valence-corrected chi connectivity index (χ2v) is 6.09. The molecule has 0 aromatic carbocycles. The van der Waals surface area contributed by atoms with Crippen LogP contribution in [-0.4, -0.2) is 27.5 Å². The van der Waals surface area contributed by atoms with E-state index in [0.717, 1.165) is 17.2 Å². The number of nitrogens with one attached hydrogen (secondary N) is 1. The van der Waals surface area contributed by atoms with Crippen molar-refractivity contribution in [2.45, 2.75) is 38.3 Å². The van der Waals surface area contributed by atoms with Crippen molar-refractivity contribution in [2.75, 3.05) is 6.61 Å². The molecule has 3 rings (SSSR count). The zero-order valence-corrected chi connectivity index (χ0v) is 12.3. The topological polar surface area (TPSA) is 42.8 Å². The first kappa shape index (κ1) is 13.0. The molecular formula is C13H17N3OS2. The molecule has 1 N–H and O–H groups in total. The molecule has 1 fully saturated rings. The van der Waals surface area contributed by atoms with E-state index in [2.05, 4.69) is 16.3 Å². The number of ether oxygens (including phenoxy) is 1. The molecule has 4 nitrogen and oxygen atoms in total. The Morgan fingerprint density at radius 1 is 1.47 bits per heavy atom. The fraction of sp³-hybridized carbons (Fsp3) is 0.538. The quantitative estimate of drug-likeness (QED) is 0.857. The molecule has 102 valence electrons. The standard InChI is InChI=1S/C13H17N3OS2/c18-13-15-14-12(11-6-3-9-19-11)16(13)7-8-17-10-4-1-2-5-10/h3,6,9-10H,1-2,4-5,7-8H2,(H,15,18). The van der Waals surface area contributed by atoms with E-state index in [9.17, 15) is 0 Å². The van der Waals surface area contributed by atoms with Crippen LogP contribution >= 0.6 is 23.6 Å². The minimum Gasteiger partial charge on any atom is -0.376 e. The maximum Gasteiger partial charge on any atom is 0.195 e. The summed E-state index contributed by atoms with van der Waals surface area (Å²) in [6, 6.07) is 4.08. The normalized spacial score (nSPS) is 16.2. The number of hydrogen-bond acceptors (Lipinski definition) is 4. The Balaban J connectivity index is 1.67. The van der Waals surface area contributed by atoms with Crippen molar-refractivity contribution < 1.29 is 4.74 Å². The van der Waals surface area contributed by atoms with Crippen LogP contribution < -0.4 is 0 Å². The molecule has 0 bridgehead atoms. The first-order chi connectivity index (χ1) is 9.34. The highest BCUT2D eigenvalue weighted by Gasteiger charge is 2.15. The zero-order valence-electron chi connectivity index (χ0n) is 10.7. The van der Waals surface area contributed by atoms with Gasteiger partial charge in [0.05, 0.1) is 24.1 Å². The van der Waals surface area contributed by atoms with Crippen LogP contribution in [0.3, 0.4) is 0 Å². The summed E-state index contributed by atoms with van der Waals surface area (Å²) in [5.41, 5.74) is 0. The van der Waals surface area contributed by atoms with Gasteiger partial charge in [-0.1, -0.05) is 18.9 Å². The highest BCUT2D eigenvalue weighted by molar-refractivity contribution is 7.71. The van der Waals surface area contributed by atoms with Gasteiger partial charge in [0.25, 0.3) is 0 Å². The summed E-state index contributed by atoms with van der Waals surface area (Å²) in [7, 11) is 0. The fourth-order valence-corrected chi connectivity index (χ4v) is 3.43. The Morgan fingerprint density at radius 2 is 2.32 bits per heavy atom. The Kier molecular flexibility index (Phi) is 4.10. The van der Waals surface area contributed by atoms with Crippen LogP contribution in [0.1, 0.15) is 25.7 Å². The minimum absolute atomic E-state index is 0.450. The summed E-state index contributed by atoms with van der Waals surface area (Å²) in [6.45, 7) is 1.47. The van der Waals surface area contributed by atoms with Crippen LogP contribution in [0, 0.1) is 4.77 Å². The van der Waals surface area contributed by atoms with Crippen LogP contribution in [-0.2, 0) is 11.3 Å². The van der Waals surface area contributed by atoms with Gasteiger partial charge in [-0.25, -0.2) is 0 Å². The van der Waals surface area contributed by atoms with Crippen molar-refractivity contribution in [3.63, 3.8) is 0 Å². The number of nitrogens with zero attached hydrogens (tertiary/aromatic N) is 2. The first-order valence-corrected chi connectivity index (χ1v) is 7.94. The van der Waals surface area contributed by atoms with Gasteiger partial charge < -0.3 is 4.74 Å². The summed E-state index contributed by atoms with van der Waals surface area (Å²) in [5, 5.41) is 9.23. The summed E-state index contributed by atoms with van der Waals surface area (Å²) in [5.74, 6) is 0.912. The smallest absolute Gasteiger partial charge is 0.195 e. The summed E-state index contributed by atoms with van der Waals surface area (Å²) in [6.07, 6.45) is 5.46. The molecule has 1 aliphatic rings. The lowest BCUT2D eigenvalue weighted by Crippen LogP contribution is -2.13. The van der Waals surface area contributed by atoms with Crippen LogP contribution in [0.5, 0.6) is 0 Å². The average molecular weight is 295 g/mol. The largest absolute Gasteiger partial charge is 0.376 e. The Bertz CT molecular complexity index is 567. The summed E-state index contributed by atoms with van der Waals surface area (Å²) in [4.78, 5) is 1.13. The third-order valence-electron chi connectivity index (χ3n) is 3.47. The van der Waals surface area contributed by atoms with E-state index < -0.39 is 0 Å². The van der Waals surface area contributed by atoms with E-state index in [0.29, 0.717) is 17.5 Å². The lowest BCUT2D eigenvalue weighted by molar-refractivity contribution is 0.0530. The van der Waals surface area contributed by atoms with E-state index in [-0.39, 0.29) is 0 Å². The van der Waals surface area contributed by atoms with Gasteiger partial charge in [-0.2, -0.15) is 5.10 Å². The minimum atomic E-state index is 0.450. The van der Waals surface area contributed by atoms with E-state index >= 15 is 0 Å². The van der Waals surface area contributed by atoms with Crippen LogP contribution in [0.25, 0.3) is 10.7 Å². The monoisotopic (exact) mass is 295 g/mol. The van der Waals surface area contributed by atoms with Gasteiger partial charge in [-0.15, -0.1) is 11.3 Å². The van der Waals surface area contributed by atoms with E-state index in [4.69, 9.17) is 17.0 Å². The van der Waals surface area contributed by atoms with Gasteiger partial charge in [-0.3, -0.25) is 9.67 Å². The van der Waals surface area contributed by atoms with Crippen LogP contribution in [0.2, 0.25) is 0 Å². The number of aromatic amines is 1. The van der Waals surface area contributed by atoms with Crippen molar-refractivity contribution in [3.8, 4) is 10.7 Å². The Labute approximate surface area is 121 Å². The predicted molar refractivity (Wildman–Crippen MR) is 78.9 cm³/mol. The third kappa shape index (κ3) is 2.96. The Hall–Kier alpha value is -0.980. The maximum absolute atomic E-state index is 5.90. The number of H-pyrrole nitrogens is 1. The van der Waals surface area contributed by atoms with Crippen molar-refractivity contribution in [1.82, 2.24) is 14.8 Å². The molecule has 0 aliphatic heterocycles. The molecule has 0 saturated heterocycles. The molecule has 19 heavy (non-hydrogen) atoms. The van der Waals surface area contributed by atoms with E-state index in [1.54, 1.807) is 11.3 Å². The molecule has 6 heteroatoms. The molecule has 0 amide bonds. The third-order valence-corrected chi connectivity index (χ3v) is 4.65. The lowest BCUT2D eigenvalue weighted by Gasteiger charge is -2.11. The lowest BCUT2D eigenvalue weighted by atomic mass is 10.3. The van der Waals surface area contributed by atoms with Gasteiger partial charge in [0.1, 0.15) is 0 Å². The van der Waals surface area contributed by atoms with Gasteiger partial charge >= 0.3 is 0 Å². The second-order valence-electron chi connectivity index (χ2n) is 4.76. The molecule has 0 atom stereocenters. The fourth-order valence-electron chi connectivity index (χ4n) is 2.48. The van der Waals surface area contributed by atoms with E-state index in [1.807, 2.05) is 16.0 Å². The van der Waals surface area contributed by atoms with Crippen molar-refractivity contribution >= 4 is 23.6 Å². The molecule has 0 unspecified atom stereocenters. The summed E-state index contributed by atoms with van der Waals surface area (Å²) < 4.78 is 8.59. The van der Waals surface area contributed by atoms with Crippen molar-refractivity contribution in [1.29, 1.82) is 0 Å². The van der Waals surface area contributed by atoms with Gasteiger partial charge in [0.2, 0.25) is 0 Å². The molecule has 1 saturated carbocycles. The number of rotatable bonds is 5. The highest BCUT2D eigenvalue weighted by Crippen LogP contribution is 2.23. The average Bonchev–Trinajstić information content (AvgIpc) is 3.12. The molecule has 2 aromatic rings. The maximum atomic E-state index is 5.90. The predicted octanol–water partition coefficient (Wildman–Crippen LogP) is 3.63. The zero-order chi connectivity index (χ0) is 13.1. The van der Waals surface area contributed by atoms with Crippen LogP contribution in [0.15, 0.2) is 17.5 Å². The van der Waals surface area contributed by atoms with Gasteiger partial charge in [-0.05, 0) is 36.5 Å². The van der Waals surface area contributed by atoms with E-state index in [1.165, 1.54) is 25.7 Å². The molecule has 0 spiro atoms. The number of hydrogen-bond donors (Lipinski definition) is 1. The molecule has 1 aliphatic carbocycles. The second kappa shape index (κ2) is 5.98. The highest BCUT2D eigenvalue weighted by atomic mass is 32.1. The van der Waals surface area contributed by atoms with Crippen molar-refractivity contribution in [3.05, 3.63) is 22.3 Å². The van der Waals surface area contributed by atoms with Gasteiger partial charge in [0, 0.05) is 0 Å². The first-order valence-electron chi connectivity index (χ1n) is 6.65. The van der Waals surface area contributed by atoms with Crippen LogP contribution in [0.4, 0.5) is 0 Å². The Morgan fingerprint density at radius 3 is 3.05 bits per heavy atom. The van der Waals surface area contributed by atoms with Crippen molar-refractivity contribution in [2.24, 2.45) is 0 Å². The number of aromatic nitrogens is 3.